The number of alkyl carbamates (subject to hydrolysis) is 1. The van der Waals surface area contributed by atoms with Crippen molar-refractivity contribution in [2.45, 2.75) is 83.8 Å². The number of nitrogens with zero attached hydrogens (tertiary/aromatic N) is 2. The molecule has 13 nitrogen and oxygen atoms in total. The molecule has 3 atom stereocenters. The number of carbonyl (C=O) groups excluding carboxylic acids is 4. The number of anilines is 1. The van der Waals surface area contributed by atoms with Crippen LogP contribution in [0.25, 0.3) is 0 Å². The molecular weight excluding hydrogens is 652 g/mol. The fraction of sp³-hybridized carbons (Fsp3) is 0.543. The zero-order chi connectivity index (χ0) is 36.0. The third-order valence-corrected chi connectivity index (χ3v) is 10.3. The van der Waals surface area contributed by atoms with Gasteiger partial charge in [-0.25, -0.2) is 13.2 Å². The summed E-state index contributed by atoms with van der Waals surface area (Å²) < 4.78 is 42.9. The Bertz CT molecular complexity index is 1610. The molecule has 2 heterocycles. The minimum Gasteiger partial charge on any atom is -0.425 e. The normalized spacial score (nSPS) is 17.4. The first-order chi connectivity index (χ1) is 23.1. The lowest BCUT2D eigenvalue weighted by atomic mass is 9.74. The molecule has 2 aromatic rings. The van der Waals surface area contributed by atoms with Gasteiger partial charge in [-0.3, -0.25) is 18.7 Å². The SMILES string of the molecule is CCC(C)C(=O)OC(C)OC(=O)NC(C)(C)C(=O)NC(COCc1ccccc1)C(=O)N1CCC2(CC1)CN(S(C)(=O)=O)c1ccccc12. The smallest absolute Gasteiger partial charge is 0.411 e. The molecule has 3 amide bonds. The number of amides is 3. The Kier molecular flexibility index (Phi) is 12.0. The molecule has 1 spiro atoms. The zero-order valence-electron chi connectivity index (χ0n) is 29.1. The van der Waals surface area contributed by atoms with Crippen molar-refractivity contribution in [1.29, 1.82) is 0 Å². The van der Waals surface area contributed by atoms with Crippen LogP contribution in [0.5, 0.6) is 0 Å². The van der Waals surface area contributed by atoms with Crippen molar-refractivity contribution in [2.75, 3.05) is 36.8 Å². The van der Waals surface area contributed by atoms with Crippen molar-refractivity contribution >= 4 is 39.6 Å². The molecule has 14 heteroatoms. The van der Waals surface area contributed by atoms with E-state index in [-0.39, 0.29) is 25.0 Å². The van der Waals surface area contributed by atoms with E-state index in [0.717, 1.165) is 11.1 Å². The summed E-state index contributed by atoms with van der Waals surface area (Å²) in [5.74, 6) is -1.88. The monoisotopic (exact) mass is 700 g/mol. The van der Waals surface area contributed by atoms with Gasteiger partial charge < -0.3 is 29.7 Å². The Labute approximate surface area is 288 Å². The lowest BCUT2D eigenvalue weighted by molar-refractivity contribution is -0.169. The van der Waals surface area contributed by atoms with Gasteiger partial charge in [-0.2, -0.15) is 0 Å². The van der Waals surface area contributed by atoms with Crippen LogP contribution in [0.2, 0.25) is 0 Å². The maximum atomic E-state index is 14.0. The number of piperidine rings is 1. The second-order valence-corrected chi connectivity index (χ2v) is 15.3. The lowest BCUT2D eigenvalue weighted by Gasteiger charge is -2.41. The minimum absolute atomic E-state index is 0.130. The molecule has 0 radical (unpaired) electrons. The van der Waals surface area contributed by atoms with E-state index in [9.17, 15) is 27.6 Å². The number of ether oxygens (including phenoxy) is 3. The Morgan fingerprint density at radius 3 is 2.22 bits per heavy atom. The minimum atomic E-state index is -3.49. The van der Waals surface area contributed by atoms with E-state index in [4.69, 9.17) is 14.2 Å². The molecule has 2 aliphatic rings. The quantitative estimate of drug-likeness (QED) is 0.236. The number of esters is 1. The number of hydrogen-bond donors (Lipinski definition) is 2. The van der Waals surface area contributed by atoms with Gasteiger partial charge in [-0.15, -0.1) is 0 Å². The lowest BCUT2D eigenvalue weighted by Crippen LogP contribution is -2.61. The average Bonchev–Trinajstić information content (AvgIpc) is 3.38. The maximum Gasteiger partial charge on any atom is 0.411 e. The van der Waals surface area contributed by atoms with Gasteiger partial charge in [-0.05, 0) is 50.3 Å². The highest BCUT2D eigenvalue weighted by molar-refractivity contribution is 7.92. The van der Waals surface area contributed by atoms with Gasteiger partial charge in [0.25, 0.3) is 0 Å². The number of benzene rings is 2. The van der Waals surface area contributed by atoms with Crippen LogP contribution in [-0.4, -0.2) is 87.6 Å². The van der Waals surface area contributed by atoms with Gasteiger partial charge in [-0.1, -0.05) is 62.4 Å². The van der Waals surface area contributed by atoms with Gasteiger partial charge in [0, 0.05) is 32.0 Å². The number of carbonyl (C=O) groups is 4. The highest BCUT2D eigenvalue weighted by atomic mass is 32.2. The van der Waals surface area contributed by atoms with E-state index in [1.165, 1.54) is 31.3 Å². The molecule has 1 fully saturated rings. The second-order valence-electron chi connectivity index (χ2n) is 13.4. The number of rotatable bonds is 13. The zero-order valence-corrected chi connectivity index (χ0v) is 29.9. The maximum absolute atomic E-state index is 14.0. The Balaban J connectivity index is 1.43. The first-order valence-electron chi connectivity index (χ1n) is 16.5. The molecule has 268 valence electrons. The molecule has 0 aromatic heterocycles. The predicted molar refractivity (Wildman–Crippen MR) is 183 cm³/mol. The molecule has 0 bridgehead atoms. The van der Waals surface area contributed by atoms with Crippen molar-refractivity contribution in [2.24, 2.45) is 5.92 Å². The van der Waals surface area contributed by atoms with Crippen LogP contribution < -0.4 is 14.9 Å². The summed E-state index contributed by atoms with van der Waals surface area (Å²) in [4.78, 5) is 53.9. The van der Waals surface area contributed by atoms with Crippen molar-refractivity contribution in [3.05, 3.63) is 65.7 Å². The first kappa shape index (κ1) is 37.6. The highest BCUT2D eigenvalue weighted by Crippen LogP contribution is 2.47. The summed E-state index contributed by atoms with van der Waals surface area (Å²) in [7, 11) is -3.49. The summed E-state index contributed by atoms with van der Waals surface area (Å²) in [5, 5.41) is 5.24. The molecule has 1 saturated heterocycles. The third kappa shape index (κ3) is 9.30. The van der Waals surface area contributed by atoms with Gasteiger partial charge in [0.15, 0.2) is 0 Å². The molecule has 0 aliphatic carbocycles. The summed E-state index contributed by atoms with van der Waals surface area (Å²) in [6.07, 6.45) is 0.670. The largest absolute Gasteiger partial charge is 0.425 e. The molecule has 4 rings (SSSR count). The van der Waals surface area contributed by atoms with Gasteiger partial charge in [0.2, 0.25) is 28.1 Å². The fourth-order valence-corrected chi connectivity index (χ4v) is 7.03. The number of para-hydroxylation sites is 1. The summed E-state index contributed by atoms with van der Waals surface area (Å²) in [6.45, 7) is 8.93. The molecule has 3 unspecified atom stereocenters. The van der Waals surface area contributed by atoms with Crippen LogP contribution in [0.15, 0.2) is 54.6 Å². The van der Waals surface area contributed by atoms with E-state index in [2.05, 4.69) is 10.6 Å². The topological polar surface area (TPSA) is 161 Å². The number of likely N-dealkylation sites (tertiary alicyclic amines) is 1. The standard InChI is InChI=1S/C35H48N4O9S/c1-7-24(2)31(41)47-25(3)48-33(43)37-34(4,5)32(42)36-28(22-46-21-26-13-9-8-10-14-26)30(40)38-19-17-35(18-20-38)23-39(49(6,44)45)29-16-12-11-15-27(29)35/h8-16,24-25,28H,7,17-23H2,1-6H3,(H,36,42)(H,37,43). The van der Waals surface area contributed by atoms with Crippen molar-refractivity contribution < 1.29 is 41.8 Å². The molecule has 0 saturated carbocycles. The number of nitrogens with one attached hydrogen (secondary N) is 2. The third-order valence-electron chi connectivity index (χ3n) is 9.17. The second kappa shape index (κ2) is 15.6. The summed E-state index contributed by atoms with van der Waals surface area (Å²) in [6, 6.07) is 15.8. The van der Waals surface area contributed by atoms with Crippen molar-refractivity contribution in [3.8, 4) is 0 Å². The average molecular weight is 701 g/mol. The Morgan fingerprint density at radius 2 is 1.59 bits per heavy atom. The fourth-order valence-electron chi connectivity index (χ4n) is 6.03. The van der Waals surface area contributed by atoms with Crippen LogP contribution in [0.1, 0.15) is 65.0 Å². The van der Waals surface area contributed by atoms with Gasteiger partial charge >= 0.3 is 12.1 Å². The predicted octanol–water partition coefficient (Wildman–Crippen LogP) is 3.47. The van der Waals surface area contributed by atoms with Crippen LogP contribution in [0.3, 0.4) is 0 Å². The molecule has 2 aliphatic heterocycles. The van der Waals surface area contributed by atoms with E-state index >= 15 is 0 Å². The number of hydrogen-bond acceptors (Lipinski definition) is 9. The molecule has 2 N–H and O–H groups in total. The van der Waals surface area contributed by atoms with Crippen LogP contribution in [0, 0.1) is 5.92 Å². The number of fused-ring (bicyclic) bond motifs is 2. The molecule has 49 heavy (non-hydrogen) atoms. The summed E-state index contributed by atoms with van der Waals surface area (Å²) in [5.41, 5.74) is 0.547. The molecule has 2 aromatic carbocycles. The Morgan fingerprint density at radius 1 is 0.959 bits per heavy atom. The van der Waals surface area contributed by atoms with Crippen LogP contribution >= 0.6 is 0 Å². The van der Waals surface area contributed by atoms with E-state index in [1.807, 2.05) is 61.5 Å². The molecular formula is C35H48N4O9S. The Hall–Kier alpha value is -4.17. The first-order valence-corrected chi connectivity index (χ1v) is 18.4. The van der Waals surface area contributed by atoms with E-state index in [1.54, 1.807) is 11.8 Å². The van der Waals surface area contributed by atoms with Crippen LogP contribution in [-0.2, 0) is 50.6 Å². The number of sulfonamides is 1. The highest BCUT2D eigenvalue weighted by Gasteiger charge is 2.48. The van der Waals surface area contributed by atoms with Crippen LogP contribution in [0.4, 0.5) is 10.5 Å². The van der Waals surface area contributed by atoms with Crippen molar-refractivity contribution in [3.63, 3.8) is 0 Å². The van der Waals surface area contributed by atoms with E-state index < -0.39 is 51.3 Å². The van der Waals surface area contributed by atoms with Gasteiger partial charge in [0.05, 0.1) is 31.1 Å². The summed E-state index contributed by atoms with van der Waals surface area (Å²) >= 11 is 0. The van der Waals surface area contributed by atoms with E-state index in [0.29, 0.717) is 44.6 Å². The van der Waals surface area contributed by atoms with Crippen molar-refractivity contribution in [1.82, 2.24) is 15.5 Å². The van der Waals surface area contributed by atoms with Gasteiger partial charge in [0.1, 0.15) is 11.6 Å².